The molecule has 2 atom stereocenters. The smallest absolute Gasteiger partial charge is 0.310 e. The van der Waals surface area contributed by atoms with Gasteiger partial charge in [0.1, 0.15) is 0 Å². The number of esters is 1. The molecule has 0 radical (unpaired) electrons. The second-order valence-corrected chi connectivity index (χ2v) is 6.10. The molecule has 1 aromatic rings. The van der Waals surface area contributed by atoms with Gasteiger partial charge in [-0.25, -0.2) is 0 Å². The van der Waals surface area contributed by atoms with Crippen LogP contribution in [0.4, 0.5) is 0 Å². The minimum Gasteiger partial charge on any atom is -0.466 e. The molecule has 0 N–H and O–H groups in total. The first-order valence-corrected chi connectivity index (χ1v) is 7.66. The van der Waals surface area contributed by atoms with E-state index in [-0.39, 0.29) is 23.6 Å². The maximum Gasteiger partial charge on any atom is 0.310 e. The predicted octanol–water partition coefficient (Wildman–Crippen LogP) is 3.42. The average Bonchev–Trinajstić information content (AvgIpc) is 3.13. The summed E-state index contributed by atoms with van der Waals surface area (Å²) in [7, 11) is 0. The molecule has 0 aliphatic heterocycles. The third-order valence-corrected chi connectivity index (χ3v) is 4.65. The summed E-state index contributed by atoms with van der Waals surface area (Å²) in [6.07, 6.45) is 3.92. The van der Waals surface area contributed by atoms with Crippen molar-refractivity contribution in [2.24, 2.45) is 11.3 Å². The van der Waals surface area contributed by atoms with Crippen LogP contribution in [-0.4, -0.2) is 18.4 Å². The van der Waals surface area contributed by atoms with E-state index >= 15 is 0 Å². The third kappa shape index (κ3) is 2.12. The van der Waals surface area contributed by atoms with Crippen molar-refractivity contribution in [3.05, 3.63) is 59.2 Å². The number of allylic oxidation sites excluding steroid dienone is 4. The van der Waals surface area contributed by atoms with Gasteiger partial charge >= 0.3 is 5.97 Å². The van der Waals surface area contributed by atoms with E-state index in [0.29, 0.717) is 17.8 Å². The summed E-state index contributed by atoms with van der Waals surface area (Å²) < 4.78 is 5.26. The Morgan fingerprint density at radius 1 is 1.14 bits per heavy atom. The molecule has 0 aromatic heterocycles. The fourth-order valence-corrected chi connectivity index (χ4v) is 3.73. The number of rotatable bonds is 3. The van der Waals surface area contributed by atoms with Gasteiger partial charge in [0.15, 0.2) is 5.78 Å². The van der Waals surface area contributed by atoms with Gasteiger partial charge in [-0.1, -0.05) is 42.5 Å². The van der Waals surface area contributed by atoms with Crippen molar-refractivity contribution in [2.75, 3.05) is 6.61 Å². The lowest BCUT2D eigenvalue weighted by Crippen LogP contribution is -2.17. The number of hydrogen-bond donors (Lipinski definition) is 0. The number of carbonyl (C=O) groups is 2. The highest BCUT2D eigenvalue weighted by Gasteiger charge is 2.67. The molecule has 114 valence electrons. The Balaban J connectivity index is 2.05. The zero-order valence-electron chi connectivity index (χ0n) is 13.1. The largest absolute Gasteiger partial charge is 0.466 e. The van der Waals surface area contributed by atoms with Gasteiger partial charge in [0, 0.05) is 11.3 Å². The molecule has 1 spiro atoms. The maximum atomic E-state index is 12.4. The summed E-state index contributed by atoms with van der Waals surface area (Å²) in [5, 5.41) is 0. The van der Waals surface area contributed by atoms with Crippen LogP contribution in [0, 0.1) is 11.3 Å². The molecule has 1 aromatic carbocycles. The molecular weight excluding hydrogens is 276 g/mol. The fraction of sp³-hybridized carbons (Fsp3) is 0.368. The van der Waals surface area contributed by atoms with Crippen LogP contribution in [0.15, 0.2) is 53.6 Å². The van der Waals surface area contributed by atoms with Crippen LogP contribution in [-0.2, 0) is 14.3 Å². The fourth-order valence-electron chi connectivity index (χ4n) is 3.73. The Morgan fingerprint density at radius 2 is 1.73 bits per heavy atom. The normalized spacial score (nSPS) is 25.5. The van der Waals surface area contributed by atoms with Gasteiger partial charge in [0.2, 0.25) is 0 Å². The minimum atomic E-state index is -0.407. The van der Waals surface area contributed by atoms with Gasteiger partial charge in [0.25, 0.3) is 0 Å². The van der Waals surface area contributed by atoms with E-state index in [1.165, 1.54) is 0 Å². The number of carbonyl (C=O) groups excluding carboxylic acids is 2. The minimum absolute atomic E-state index is 0.0470. The standard InChI is InChI=1S/C19H20O3/c1-4-22-18(21)16-15(14-8-6-5-7-9-14)19(16)10-12(2)17(20)13(3)11-19/h5-11,15-16H,4H2,1-3H3/t15-,16+/m0/s1. The summed E-state index contributed by atoms with van der Waals surface area (Å²) in [5.74, 6) is -0.315. The molecule has 0 saturated heterocycles. The third-order valence-electron chi connectivity index (χ3n) is 4.65. The summed E-state index contributed by atoms with van der Waals surface area (Å²) in [6, 6.07) is 9.99. The van der Waals surface area contributed by atoms with Crippen LogP contribution in [0.5, 0.6) is 0 Å². The van der Waals surface area contributed by atoms with Crippen LogP contribution in [0.25, 0.3) is 0 Å². The number of Topliss-reactive ketones (excluding diaryl/α,β-unsaturated/α-hetero) is 1. The van der Waals surface area contributed by atoms with E-state index in [1.54, 1.807) is 0 Å². The molecule has 2 aliphatic carbocycles. The summed E-state index contributed by atoms with van der Waals surface area (Å²) in [6.45, 7) is 5.83. The quantitative estimate of drug-likeness (QED) is 0.803. The Labute approximate surface area is 130 Å². The molecule has 2 aliphatic rings. The summed E-state index contributed by atoms with van der Waals surface area (Å²) >= 11 is 0. The Kier molecular flexibility index (Phi) is 3.51. The topological polar surface area (TPSA) is 43.4 Å². The maximum absolute atomic E-state index is 12.4. The number of ether oxygens (including phenoxy) is 1. The van der Waals surface area contributed by atoms with Crippen molar-refractivity contribution in [3.8, 4) is 0 Å². The van der Waals surface area contributed by atoms with Gasteiger partial charge in [-0.15, -0.1) is 0 Å². The van der Waals surface area contributed by atoms with Crippen LogP contribution < -0.4 is 0 Å². The van der Waals surface area contributed by atoms with Crippen molar-refractivity contribution in [1.82, 2.24) is 0 Å². The van der Waals surface area contributed by atoms with Crippen molar-refractivity contribution >= 4 is 11.8 Å². The predicted molar refractivity (Wildman–Crippen MR) is 84.3 cm³/mol. The highest BCUT2D eigenvalue weighted by atomic mass is 16.5. The molecule has 3 heteroatoms. The van der Waals surface area contributed by atoms with Gasteiger partial charge in [-0.2, -0.15) is 0 Å². The average molecular weight is 296 g/mol. The van der Waals surface area contributed by atoms with E-state index in [4.69, 9.17) is 4.74 Å². The van der Waals surface area contributed by atoms with Gasteiger partial charge in [-0.05, 0) is 37.5 Å². The lowest BCUT2D eigenvalue weighted by molar-refractivity contribution is -0.145. The van der Waals surface area contributed by atoms with Crippen molar-refractivity contribution in [1.29, 1.82) is 0 Å². The SMILES string of the molecule is CCOC(=O)[C@H]1[C@H](c2ccccc2)C12C=C(C)C(=O)C(C)=C2. The summed E-state index contributed by atoms with van der Waals surface area (Å²) in [5.41, 5.74) is 2.14. The second-order valence-electron chi connectivity index (χ2n) is 6.10. The zero-order chi connectivity index (χ0) is 15.9. The van der Waals surface area contributed by atoms with Crippen LogP contribution in [0.2, 0.25) is 0 Å². The molecular formula is C19H20O3. The molecule has 22 heavy (non-hydrogen) atoms. The van der Waals surface area contributed by atoms with Gasteiger partial charge in [-0.3, -0.25) is 9.59 Å². The lowest BCUT2D eigenvalue weighted by Gasteiger charge is -2.17. The molecule has 3 nitrogen and oxygen atoms in total. The Hall–Kier alpha value is -2.16. The van der Waals surface area contributed by atoms with Crippen LogP contribution in [0.3, 0.4) is 0 Å². The van der Waals surface area contributed by atoms with Crippen molar-refractivity contribution in [2.45, 2.75) is 26.7 Å². The molecule has 0 bridgehead atoms. The number of hydrogen-bond acceptors (Lipinski definition) is 3. The van der Waals surface area contributed by atoms with Crippen molar-refractivity contribution < 1.29 is 14.3 Å². The van der Waals surface area contributed by atoms with Gasteiger partial charge < -0.3 is 4.74 Å². The van der Waals surface area contributed by atoms with E-state index < -0.39 is 5.41 Å². The first-order chi connectivity index (χ1) is 10.5. The Bertz CT molecular complexity index is 660. The molecule has 0 unspecified atom stereocenters. The van der Waals surface area contributed by atoms with E-state index in [0.717, 1.165) is 5.56 Å². The number of benzene rings is 1. The van der Waals surface area contributed by atoms with Crippen LogP contribution >= 0.6 is 0 Å². The molecule has 1 fully saturated rings. The number of ketones is 1. The monoisotopic (exact) mass is 296 g/mol. The van der Waals surface area contributed by atoms with E-state index in [1.807, 2.05) is 63.3 Å². The van der Waals surface area contributed by atoms with E-state index in [9.17, 15) is 9.59 Å². The van der Waals surface area contributed by atoms with Gasteiger partial charge in [0.05, 0.1) is 12.5 Å². The molecule has 0 amide bonds. The first-order valence-electron chi connectivity index (χ1n) is 7.66. The second kappa shape index (κ2) is 5.24. The molecule has 3 rings (SSSR count). The summed E-state index contributed by atoms with van der Waals surface area (Å²) in [4.78, 5) is 24.4. The molecule has 0 heterocycles. The lowest BCUT2D eigenvalue weighted by atomic mass is 9.86. The zero-order valence-corrected chi connectivity index (χ0v) is 13.1. The van der Waals surface area contributed by atoms with Crippen molar-refractivity contribution in [3.63, 3.8) is 0 Å². The first kappa shape index (κ1) is 14.8. The Morgan fingerprint density at radius 3 is 2.27 bits per heavy atom. The highest BCUT2D eigenvalue weighted by Crippen LogP contribution is 2.68. The highest BCUT2D eigenvalue weighted by molar-refractivity contribution is 6.09. The molecule has 1 saturated carbocycles. The van der Waals surface area contributed by atoms with Crippen LogP contribution in [0.1, 0.15) is 32.3 Å². The van der Waals surface area contributed by atoms with E-state index in [2.05, 4.69) is 0 Å².